The van der Waals surface area contributed by atoms with Gasteiger partial charge in [-0.05, 0) is 32.7 Å². The summed E-state index contributed by atoms with van der Waals surface area (Å²) in [5, 5.41) is 0. The molecule has 0 aliphatic heterocycles. The van der Waals surface area contributed by atoms with Crippen molar-refractivity contribution < 1.29 is 0 Å². The van der Waals surface area contributed by atoms with Crippen molar-refractivity contribution in [2.75, 3.05) is 7.05 Å². The molecule has 0 saturated heterocycles. The second-order valence-electron chi connectivity index (χ2n) is 4.14. The van der Waals surface area contributed by atoms with Crippen LogP contribution in [0.5, 0.6) is 0 Å². The van der Waals surface area contributed by atoms with E-state index < -0.39 is 0 Å². The van der Waals surface area contributed by atoms with Gasteiger partial charge in [0, 0.05) is 12.1 Å². The Morgan fingerprint density at radius 3 is 1.75 bits per heavy atom. The molecule has 0 saturated carbocycles. The molecule has 0 fully saturated rings. The van der Waals surface area contributed by atoms with Crippen LogP contribution < -0.4 is 0 Å². The maximum Gasteiger partial charge on any atom is 0.0115 e. The van der Waals surface area contributed by atoms with Crippen LogP contribution in [0.25, 0.3) is 0 Å². The fourth-order valence-electron chi connectivity index (χ4n) is 1.84. The van der Waals surface area contributed by atoms with Crippen LogP contribution >= 0.6 is 0 Å². The number of rotatable bonds is 5. The van der Waals surface area contributed by atoms with Gasteiger partial charge >= 0.3 is 0 Å². The van der Waals surface area contributed by atoms with E-state index in [1.54, 1.807) is 0 Å². The summed E-state index contributed by atoms with van der Waals surface area (Å²) < 4.78 is 0. The van der Waals surface area contributed by atoms with Crippen LogP contribution in [-0.4, -0.2) is 24.0 Å². The lowest BCUT2D eigenvalue weighted by atomic mass is 9.98. The van der Waals surface area contributed by atoms with Crippen molar-refractivity contribution in [3.8, 4) is 0 Å². The third kappa shape index (κ3) is 3.14. The highest BCUT2D eigenvalue weighted by Gasteiger charge is 2.19. The van der Waals surface area contributed by atoms with Gasteiger partial charge in [-0.15, -0.1) is 0 Å². The Balaban J connectivity index is 4.10. The molecule has 1 nitrogen and oxygen atoms in total. The SMILES string of the molecule is CCC(C)N(C)C(CC)C(C)C. The van der Waals surface area contributed by atoms with E-state index in [1.165, 1.54) is 12.8 Å². The van der Waals surface area contributed by atoms with E-state index in [4.69, 9.17) is 0 Å². The van der Waals surface area contributed by atoms with Gasteiger partial charge in [0.15, 0.2) is 0 Å². The van der Waals surface area contributed by atoms with Crippen LogP contribution in [0.3, 0.4) is 0 Å². The summed E-state index contributed by atoms with van der Waals surface area (Å²) in [5.74, 6) is 0.772. The molecule has 0 heterocycles. The molecule has 0 aromatic rings. The maximum atomic E-state index is 2.52. The second-order valence-corrected chi connectivity index (χ2v) is 4.14. The molecule has 0 N–H and O–H groups in total. The van der Waals surface area contributed by atoms with E-state index in [0.717, 1.165) is 18.0 Å². The van der Waals surface area contributed by atoms with Crippen LogP contribution in [0.4, 0.5) is 0 Å². The van der Waals surface area contributed by atoms with E-state index in [0.29, 0.717) is 0 Å². The predicted octanol–water partition coefficient (Wildman–Crippen LogP) is 3.15. The molecule has 0 amide bonds. The molecule has 0 aromatic carbocycles. The molecule has 0 aliphatic rings. The summed E-state index contributed by atoms with van der Waals surface area (Å²) in [6.07, 6.45) is 2.51. The number of hydrogen-bond acceptors (Lipinski definition) is 1. The highest BCUT2D eigenvalue weighted by molar-refractivity contribution is 4.74. The molecule has 2 atom stereocenters. The van der Waals surface area contributed by atoms with Gasteiger partial charge in [0.05, 0.1) is 0 Å². The lowest BCUT2D eigenvalue weighted by Crippen LogP contribution is -2.41. The van der Waals surface area contributed by atoms with Gasteiger partial charge in [0.1, 0.15) is 0 Å². The van der Waals surface area contributed by atoms with Crippen molar-refractivity contribution in [1.82, 2.24) is 4.90 Å². The maximum absolute atomic E-state index is 2.52. The lowest BCUT2D eigenvalue weighted by molar-refractivity contribution is 0.137. The van der Waals surface area contributed by atoms with Crippen molar-refractivity contribution in [1.29, 1.82) is 0 Å². The smallest absolute Gasteiger partial charge is 0.0115 e. The molecule has 0 rings (SSSR count). The predicted molar refractivity (Wildman–Crippen MR) is 56.4 cm³/mol. The Morgan fingerprint density at radius 1 is 1.00 bits per heavy atom. The Bertz CT molecular complexity index is 110. The minimum absolute atomic E-state index is 0.720. The average Bonchev–Trinajstić information content (AvgIpc) is 2.03. The minimum Gasteiger partial charge on any atom is -0.301 e. The zero-order valence-corrected chi connectivity index (χ0v) is 9.59. The quantitative estimate of drug-likeness (QED) is 0.614. The molecule has 0 aliphatic carbocycles. The molecule has 0 spiro atoms. The van der Waals surface area contributed by atoms with E-state index >= 15 is 0 Å². The van der Waals surface area contributed by atoms with Gasteiger partial charge in [-0.1, -0.05) is 27.7 Å². The van der Waals surface area contributed by atoms with E-state index in [1.807, 2.05) is 0 Å². The average molecular weight is 171 g/mol. The van der Waals surface area contributed by atoms with Crippen LogP contribution in [0.15, 0.2) is 0 Å². The zero-order chi connectivity index (χ0) is 9.72. The Labute approximate surface area is 78.1 Å². The first-order valence-electron chi connectivity index (χ1n) is 5.26. The molecule has 0 bridgehead atoms. The normalized spacial score (nSPS) is 17.0. The third-order valence-electron chi connectivity index (χ3n) is 3.00. The summed E-state index contributed by atoms with van der Waals surface area (Å²) in [6.45, 7) is 11.5. The summed E-state index contributed by atoms with van der Waals surface area (Å²) >= 11 is 0. The molecule has 74 valence electrons. The molecule has 0 aromatic heterocycles. The van der Waals surface area contributed by atoms with Crippen LogP contribution in [0.2, 0.25) is 0 Å². The fraction of sp³-hybridized carbons (Fsp3) is 1.00. The standard InChI is InChI=1S/C11H25N/c1-7-10(5)12(6)11(8-2)9(3)4/h9-11H,7-8H2,1-6H3. The lowest BCUT2D eigenvalue weighted by Gasteiger charge is -2.34. The Kier molecular flexibility index (Phi) is 5.56. The second kappa shape index (κ2) is 5.58. The largest absolute Gasteiger partial charge is 0.301 e. The summed E-state index contributed by atoms with van der Waals surface area (Å²) in [4.78, 5) is 2.52. The van der Waals surface area contributed by atoms with Gasteiger partial charge in [-0.3, -0.25) is 0 Å². The van der Waals surface area contributed by atoms with Gasteiger partial charge in [0.2, 0.25) is 0 Å². The van der Waals surface area contributed by atoms with Crippen molar-refractivity contribution in [3.63, 3.8) is 0 Å². The molecule has 1 heteroatoms. The fourth-order valence-corrected chi connectivity index (χ4v) is 1.84. The molecular formula is C11H25N. The number of hydrogen-bond donors (Lipinski definition) is 0. The minimum atomic E-state index is 0.720. The van der Waals surface area contributed by atoms with E-state index in [9.17, 15) is 0 Å². The van der Waals surface area contributed by atoms with E-state index in [-0.39, 0.29) is 0 Å². The molecule has 0 radical (unpaired) electrons. The van der Waals surface area contributed by atoms with E-state index in [2.05, 4.69) is 46.6 Å². The summed E-state index contributed by atoms with van der Waals surface area (Å²) in [6, 6.07) is 1.47. The number of nitrogens with zero attached hydrogens (tertiary/aromatic N) is 1. The van der Waals surface area contributed by atoms with Crippen molar-refractivity contribution >= 4 is 0 Å². The highest BCUT2D eigenvalue weighted by Crippen LogP contribution is 2.16. The van der Waals surface area contributed by atoms with Crippen molar-refractivity contribution in [2.45, 2.75) is 59.5 Å². The summed E-state index contributed by atoms with van der Waals surface area (Å²) in [7, 11) is 2.25. The summed E-state index contributed by atoms with van der Waals surface area (Å²) in [5.41, 5.74) is 0. The van der Waals surface area contributed by atoms with Crippen LogP contribution in [-0.2, 0) is 0 Å². The Hall–Kier alpha value is -0.0400. The van der Waals surface area contributed by atoms with Crippen molar-refractivity contribution in [2.24, 2.45) is 5.92 Å². The van der Waals surface area contributed by atoms with Gasteiger partial charge < -0.3 is 4.90 Å². The van der Waals surface area contributed by atoms with Crippen LogP contribution in [0.1, 0.15) is 47.5 Å². The van der Waals surface area contributed by atoms with Gasteiger partial charge in [-0.2, -0.15) is 0 Å². The van der Waals surface area contributed by atoms with Gasteiger partial charge in [0.25, 0.3) is 0 Å². The molecule has 12 heavy (non-hydrogen) atoms. The van der Waals surface area contributed by atoms with Crippen molar-refractivity contribution in [3.05, 3.63) is 0 Å². The molecular weight excluding hydrogens is 146 g/mol. The van der Waals surface area contributed by atoms with Gasteiger partial charge in [-0.25, -0.2) is 0 Å². The third-order valence-corrected chi connectivity index (χ3v) is 3.00. The first kappa shape index (κ1) is 12.0. The monoisotopic (exact) mass is 171 g/mol. The highest BCUT2D eigenvalue weighted by atomic mass is 15.2. The topological polar surface area (TPSA) is 3.24 Å². The van der Waals surface area contributed by atoms with Crippen LogP contribution in [0, 0.1) is 5.92 Å². The zero-order valence-electron chi connectivity index (χ0n) is 9.59. The first-order chi connectivity index (χ1) is 5.54. The Morgan fingerprint density at radius 2 is 1.50 bits per heavy atom. The molecule has 2 unspecified atom stereocenters. The first-order valence-corrected chi connectivity index (χ1v) is 5.26.